The normalized spacial score (nSPS) is 12.0. The highest BCUT2D eigenvalue weighted by molar-refractivity contribution is 6.77. The summed E-state index contributed by atoms with van der Waals surface area (Å²) in [7, 11) is -2.05. The third-order valence-electron chi connectivity index (χ3n) is 7.17. The molecule has 3 rings (SSSR count). The van der Waals surface area contributed by atoms with Gasteiger partial charge in [-0.05, 0) is 71.1 Å². The Morgan fingerprint density at radius 1 is 0.892 bits per heavy atom. The van der Waals surface area contributed by atoms with Gasteiger partial charge in [-0.3, -0.25) is 4.79 Å². The van der Waals surface area contributed by atoms with Gasteiger partial charge >= 0.3 is 0 Å². The lowest BCUT2D eigenvalue weighted by atomic mass is 9.97. The Labute approximate surface area is 225 Å². The molecule has 0 atom stereocenters. The number of aryl methyl sites for hydroxylation is 1. The van der Waals surface area contributed by atoms with Gasteiger partial charge in [0.1, 0.15) is 11.6 Å². The lowest BCUT2D eigenvalue weighted by molar-refractivity contribution is 0.103. The zero-order valence-electron chi connectivity index (χ0n) is 22.6. The van der Waals surface area contributed by atoms with Crippen LogP contribution < -0.4 is 5.32 Å². The number of carbonyl (C=O) groups is 1. The average molecular weight is 544 g/mol. The molecule has 3 aromatic carbocycles. The summed E-state index contributed by atoms with van der Waals surface area (Å²) in [5, 5.41) is 3.11. The number of ketones is 1. The van der Waals surface area contributed by atoms with Gasteiger partial charge in [-0.1, -0.05) is 65.3 Å². The van der Waals surface area contributed by atoms with E-state index >= 15 is 0 Å². The summed E-state index contributed by atoms with van der Waals surface area (Å²) in [6.07, 6.45) is 0. The number of anilines is 2. The third-order valence-corrected chi connectivity index (χ3v) is 13.5. The molecule has 0 aromatic heterocycles. The molecule has 0 unspecified atom stereocenters. The molecule has 0 radical (unpaired) electrons. The van der Waals surface area contributed by atoms with Crippen LogP contribution in [-0.4, -0.2) is 14.1 Å². The van der Waals surface area contributed by atoms with E-state index in [1.165, 1.54) is 12.1 Å². The van der Waals surface area contributed by atoms with Gasteiger partial charge in [-0.25, -0.2) is 8.78 Å². The molecule has 0 fully saturated rings. The van der Waals surface area contributed by atoms with Crippen molar-refractivity contribution in [1.29, 1.82) is 0 Å². The van der Waals surface area contributed by atoms with Gasteiger partial charge in [0, 0.05) is 22.9 Å². The molecule has 0 amide bonds. The summed E-state index contributed by atoms with van der Waals surface area (Å²) in [4.78, 5) is 13.5. The van der Waals surface area contributed by atoms with Crippen molar-refractivity contribution in [3.63, 3.8) is 0 Å². The second kappa shape index (κ2) is 11.9. The van der Waals surface area contributed by atoms with E-state index in [0.29, 0.717) is 40.0 Å². The smallest absolute Gasteiger partial charge is 0.200 e. The first-order chi connectivity index (χ1) is 17.4. The maximum atomic E-state index is 14.0. The van der Waals surface area contributed by atoms with E-state index in [-0.39, 0.29) is 16.5 Å². The van der Waals surface area contributed by atoms with Gasteiger partial charge in [-0.2, -0.15) is 0 Å². The molecule has 3 aromatic rings. The lowest BCUT2D eigenvalue weighted by Gasteiger charge is -2.42. The van der Waals surface area contributed by atoms with Crippen LogP contribution in [0.2, 0.25) is 21.6 Å². The van der Waals surface area contributed by atoms with E-state index in [1.807, 2.05) is 25.1 Å². The zero-order chi connectivity index (χ0) is 27.5. The largest absolute Gasteiger partial charge is 0.412 e. The minimum absolute atomic E-state index is 0.115. The fraction of sp³-hybridized carbons (Fsp3) is 0.367. The van der Waals surface area contributed by atoms with E-state index in [9.17, 15) is 13.6 Å². The summed E-state index contributed by atoms with van der Waals surface area (Å²) in [6.45, 7) is 15.9. The fourth-order valence-electron chi connectivity index (χ4n) is 5.38. The maximum absolute atomic E-state index is 14.0. The Hall–Kier alpha value is -2.54. The molecular weight excluding hydrogens is 508 g/mol. The Balaban J connectivity index is 1.84. The number of nitrogens with one attached hydrogen (secondary N) is 1. The van der Waals surface area contributed by atoms with Gasteiger partial charge in [0.15, 0.2) is 5.78 Å². The topological polar surface area (TPSA) is 38.3 Å². The minimum Gasteiger partial charge on any atom is -0.412 e. The molecule has 0 aliphatic heterocycles. The number of rotatable bonds is 10. The fourth-order valence-corrected chi connectivity index (χ4v) is 11.1. The van der Waals surface area contributed by atoms with Crippen molar-refractivity contribution in [2.24, 2.45) is 0 Å². The summed E-state index contributed by atoms with van der Waals surface area (Å²) in [5.41, 5.74) is 4.72. The van der Waals surface area contributed by atoms with Crippen LogP contribution in [0.5, 0.6) is 0 Å². The standard InChI is InChI=1S/C30H36ClF2NO2Si/c1-18(2)37(19(3)4,20(5)6)36-17-22-9-8-21(7)26(14-22)30(35)25-12-11-24(16-27(25)31)34-29-13-10-23(32)15-28(29)33/h8-16,18-20,34H,17H2,1-7H3. The number of hydrogen-bond donors (Lipinski definition) is 1. The molecular formula is C30H36ClF2NO2Si. The van der Waals surface area contributed by atoms with Crippen molar-refractivity contribution in [3.8, 4) is 0 Å². The second-order valence-electron chi connectivity index (χ2n) is 10.5. The Kier molecular flexibility index (Phi) is 9.32. The third kappa shape index (κ3) is 6.31. The van der Waals surface area contributed by atoms with Crippen LogP contribution in [0, 0.1) is 18.6 Å². The van der Waals surface area contributed by atoms with Crippen molar-refractivity contribution in [3.05, 3.63) is 93.5 Å². The highest BCUT2D eigenvalue weighted by atomic mass is 35.5. The van der Waals surface area contributed by atoms with Gasteiger partial charge in [0.25, 0.3) is 0 Å². The van der Waals surface area contributed by atoms with E-state index < -0.39 is 20.0 Å². The molecule has 0 spiro atoms. The minimum atomic E-state index is -2.05. The number of hydrogen-bond acceptors (Lipinski definition) is 3. The van der Waals surface area contributed by atoms with E-state index in [1.54, 1.807) is 18.2 Å². The molecule has 7 heteroatoms. The van der Waals surface area contributed by atoms with Crippen molar-refractivity contribution < 1.29 is 18.0 Å². The molecule has 0 saturated heterocycles. The highest BCUT2D eigenvalue weighted by Crippen LogP contribution is 2.42. The van der Waals surface area contributed by atoms with E-state index in [4.69, 9.17) is 16.0 Å². The first-order valence-corrected chi connectivity index (χ1v) is 15.2. The molecule has 0 heterocycles. The van der Waals surface area contributed by atoms with Gasteiger partial charge in [0.2, 0.25) is 8.32 Å². The van der Waals surface area contributed by atoms with Crippen LogP contribution in [0.15, 0.2) is 54.6 Å². The van der Waals surface area contributed by atoms with E-state index in [2.05, 4.69) is 46.9 Å². The predicted molar refractivity (Wildman–Crippen MR) is 152 cm³/mol. The number of carbonyl (C=O) groups excluding carboxylic acids is 1. The highest BCUT2D eigenvalue weighted by Gasteiger charge is 2.45. The summed E-state index contributed by atoms with van der Waals surface area (Å²) in [6, 6.07) is 14.0. The quantitative estimate of drug-likeness (QED) is 0.204. The average Bonchev–Trinajstić information content (AvgIpc) is 2.81. The monoisotopic (exact) mass is 543 g/mol. The maximum Gasteiger partial charge on any atom is 0.200 e. The van der Waals surface area contributed by atoms with Gasteiger partial charge in [-0.15, -0.1) is 0 Å². The molecule has 0 saturated carbocycles. The van der Waals surface area contributed by atoms with Crippen LogP contribution in [0.3, 0.4) is 0 Å². The number of halogens is 3. The second-order valence-corrected chi connectivity index (χ2v) is 16.4. The predicted octanol–water partition coefficient (Wildman–Crippen LogP) is 9.59. The van der Waals surface area contributed by atoms with Crippen LogP contribution in [0.1, 0.15) is 68.6 Å². The van der Waals surface area contributed by atoms with Gasteiger partial charge < -0.3 is 9.74 Å². The molecule has 1 N–H and O–H groups in total. The lowest BCUT2D eigenvalue weighted by Crippen LogP contribution is -2.47. The Morgan fingerprint density at radius 2 is 1.54 bits per heavy atom. The SMILES string of the molecule is Cc1ccc(CO[Si](C(C)C)(C(C)C)C(C)C)cc1C(=O)c1ccc(Nc2ccc(F)cc2F)cc1Cl. The summed E-state index contributed by atoms with van der Waals surface area (Å²) >= 11 is 6.49. The first kappa shape index (κ1) is 29.0. The molecule has 3 nitrogen and oxygen atoms in total. The van der Waals surface area contributed by atoms with Crippen molar-refractivity contribution in [2.75, 3.05) is 5.32 Å². The Morgan fingerprint density at radius 3 is 2.11 bits per heavy atom. The molecule has 0 bridgehead atoms. The van der Waals surface area contributed by atoms with Crippen LogP contribution in [-0.2, 0) is 11.0 Å². The zero-order valence-corrected chi connectivity index (χ0v) is 24.3. The van der Waals surface area contributed by atoms with Crippen molar-refractivity contribution in [2.45, 2.75) is 71.7 Å². The van der Waals surface area contributed by atoms with Crippen molar-refractivity contribution in [1.82, 2.24) is 0 Å². The van der Waals surface area contributed by atoms with Crippen molar-refractivity contribution >= 4 is 37.1 Å². The van der Waals surface area contributed by atoms with E-state index in [0.717, 1.165) is 17.2 Å². The molecule has 0 aliphatic rings. The van der Waals surface area contributed by atoms with Gasteiger partial charge in [0.05, 0.1) is 17.3 Å². The Bertz CT molecular complexity index is 1250. The summed E-state index contributed by atoms with van der Waals surface area (Å²) < 4.78 is 33.9. The first-order valence-electron chi connectivity index (χ1n) is 12.7. The summed E-state index contributed by atoms with van der Waals surface area (Å²) in [5.74, 6) is -1.56. The van der Waals surface area contributed by atoms with Crippen LogP contribution in [0.25, 0.3) is 0 Å². The number of benzene rings is 3. The molecule has 37 heavy (non-hydrogen) atoms. The molecule has 0 aliphatic carbocycles. The van der Waals surface area contributed by atoms with Crippen LogP contribution in [0.4, 0.5) is 20.2 Å². The van der Waals surface area contributed by atoms with Crippen LogP contribution >= 0.6 is 11.6 Å². The molecule has 198 valence electrons.